The molecule has 0 aliphatic rings. The standard InChI is InChI=1S/C17H16INO3/c1-11(20)13-5-3-8-16(9-13)22-12(2)17(21)19-15-7-4-6-14(18)10-15/h3-10,12H,1-2H3,(H,19,21). The molecule has 1 unspecified atom stereocenters. The average Bonchev–Trinajstić information content (AvgIpc) is 2.47. The van der Waals surface area contributed by atoms with Crippen molar-refractivity contribution in [2.45, 2.75) is 20.0 Å². The lowest BCUT2D eigenvalue weighted by Gasteiger charge is -2.15. The molecule has 0 aromatic heterocycles. The fourth-order valence-corrected chi connectivity index (χ4v) is 2.40. The number of anilines is 1. The molecule has 114 valence electrons. The fraction of sp³-hybridized carbons (Fsp3) is 0.176. The van der Waals surface area contributed by atoms with E-state index in [0.717, 1.165) is 9.26 Å². The number of amides is 1. The monoisotopic (exact) mass is 409 g/mol. The summed E-state index contributed by atoms with van der Waals surface area (Å²) in [6.07, 6.45) is -0.667. The number of ketones is 1. The number of hydrogen-bond donors (Lipinski definition) is 1. The molecule has 0 heterocycles. The van der Waals surface area contributed by atoms with Gasteiger partial charge in [0.15, 0.2) is 11.9 Å². The van der Waals surface area contributed by atoms with Gasteiger partial charge >= 0.3 is 0 Å². The molecule has 0 spiro atoms. The van der Waals surface area contributed by atoms with E-state index in [1.54, 1.807) is 31.2 Å². The number of ether oxygens (including phenoxy) is 1. The number of nitrogens with one attached hydrogen (secondary N) is 1. The second-order valence-electron chi connectivity index (χ2n) is 4.84. The Morgan fingerprint density at radius 1 is 1.14 bits per heavy atom. The number of benzene rings is 2. The van der Waals surface area contributed by atoms with Crippen molar-refractivity contribution in [3.05, 3.63) is 57.7 Å². The predicted octanol–water partition coefficient (Wildman–Crippen LogP) is 3.90. The van der Waals surface area contributed by atoms with Crippen LogP contribution in [0.5, 0.6) is 5.75 Å². The Labute approximate surface area is 143 Å². The number of hydrogen-bond acceptors (Lipinski definition) is 3. The topological polar surface area (TPSA) is 55.4 Å². The molecule has 5 heteroatoms. The van der Waals surface area contributed by atoms with Crippen LogP contribution in [-0.4, -0.2) is 17.8 Å². The van der Waals surface area contributed by atoms with E-state index in [4.69, 9.17) is 4.74 Å². The highest BCUT2D eigenvalue weighted by Crippen LogP contribution is 2.17. The summed E-state index contributed by atoms with van der Waals surface area (Å²) in [5.74, 6) is 0.217. The van der Waals surface area contributed by atoms with E-state index in [2.05, 4.69) is 27.9 Å². The summed E-state index contributed by atoms with van der Waals surface area (Å²) < 4.78 is 6.64. The Bertz CT molecular complexity index is 700. The maximum Gasteiger partial charge on any atom is 0.265 e. The molecular weight excluding hydrogens is 393 g/mol. The van der Waals surface area contributed by atoms with Crippen molar-refractivity contribution in [3.8, 4) is 5.75 Å². The molecule has 1 atom stereocenters. The minimum absolute atomic E-state index is 0.0404. The Balaban J connectivity index is 2.02. The van der Waals surface area contributed by atoms with E-state index >= 15 is 0 Å². The zero-order valence-electron chi connectivity index (χ0n) is 12.3. The maximum absolute atomic E-state index is 12.1. The highest BCUT2D eigenvalue weighted by Gasteiger charge is 2.15. The van der Waals surface area contributed by atoms with E-state index in [9.17, 15) is 9.59 Å². The van der Waals surface area contributed by atoms with Crippen molar-refractivity contribution >= 4 is 40.0 Å². The second kappa shape index (κ2) is 7.40. The van der Waals surface area contributed by atoms with Crippen molar-refractivity contribution in [2.75, 3.05) is 5.32 Å². The van der Waals surface area contributed by atoms with Crippen LogP contribution in [0.15, 0.2) is 48.5 Å². The van der Waals surface area contributed by atoms with Gasteiger partial charge in [0.05, 0.1) is 0 Å². The lowest BCUT2D eigenvalue weighted by atomic mass is 10.1. The highest BCUT2D eigenvalue weighted by atomic mass is 127. The van der Waals surface area contributed by atoms with Gasteiger partial charge in [0, 0.05) is 14.8 Å². The van der Waals surface area contributed by atoms with Gasteiger partial charge < -0.3 is 10.1 Å². The van der Waals surface area contributed by atoms with Crippen molar-refractivity contribution in [1.82, 2.24) is 0 Å². The molecule has 0 fully saturated rings. The molecule has 4 nitrogen and oxygen atoms in total. The quantitative estimate of drug-likeness (QED) is 0.602. The van der Waals surface area contributed by atoms with Crippen LogP contribution in [-0.2, 0) is 4.79 Å². The van der Waals surface area contributed by atoms with Gasteiger partial charge in [-0.1, -0.05) is 18.2 Å². The summed E-state index contributed by atoms with van der Waals surface area (Å²) in [4.78, 5) is 23.5. The first-order valence-corrected chi connectivity index (χ1v) is 7.87. The molecule has 0 bridgehead atoms. The van der Waals surface area contributed by atoms with Crippen LogP contribution in [0.1, 0.15) is 24.2 Å². The molecule has 1 amide bonds. The summed E-state index contributed by atoms with van der Waals surface area (Å²) in [6, 6.07) is 14.3. The van der Waals surface area contributed by atoms with E-state index < -0.39 is 6.10 Å². The molecule has 0 aliphatic heterocycles. The molecular formula is C17H16INO3. The van der Waals surface area contributed by atoms with Gasteiger partial charge in [-0.25, -0.2) is 0 Å². The Hall–Kier alpha value is -1.89. The lowest BCUT2D eigenvalue weighted by molar-refractivity contribution is -0.122. The largest absolute Gasteiger partial charge is 0.481 e. The molecule has 2 rings (SSSR count). The number of rotatable bonds is 5. The minimum Gasteiger partial charge on any atom is -0.481 e. The Morgan fingerprint density at radius 3 is 2.55 bits per heavy atom. The number of carbonyl (C=O) groups excluding carboxylic acids is 2. The average molecular weight is 409 g/mol. The highest BCUT2D eigenvalue weighted by molar-refractivity contribution is 14.1. The van der Waals surface area contributed by atoms with E-state index in [1.807, 2.05) is 24.3 Å². The van der Waals surface area contributed by atoms with E-state index in [0.29, 0.717) is 11.3 Å². The molecule has 0 radical (unpaired) electrons. The summed E-state index contributed by atoms with van der Waals surface area (Å²) in [5, 5.41) is 2.80. The Morgan fingerprint density at radius 2 is 1.86 bits per heavy atom. The van der Waals surface area contributed by atoms with Crippen LogP contribution in [0.25, 0.3) is 0 Å². The predicted molar refractivity (Wildman–Crippen MR) is 94.3 cm³/mol. The molecule has 0 saturated carbocycles. The first-order valence-electron chi connectivity index (χ1n) is 6.80. The van der Waals surface area contributed by atoms with Crippen LogP contribution in [0.4, 0.5) is 5.69 Å². The van der Waals surface area contributed by atoms with Gasteiger partial charge in [-0.3, -0.25) is 9.59 Å². The SMILES string of the molecule is CC(=O)c1cccc(OC(C)C(=O)Nc2cccc(I)c2)c1. The van der Waals surface area contributed by atoms with Crippen LogP contribution in [0.2, 0.25) is 0 Å². The van der Waals surface area contributed by atoms with Crippen LogP contribution in [0, 0.1) is 3.57 Å². The number of Topliss-reactive ketones (excluding diaryl/α,β-unsaturated/α-hetero) is 1. The van der Waals surface area contributed by atoms with E-state index in [1.165, 1.54) is 6.92 Å². The second-order valence-corrected chi connectivity index (χ2v) is 6.09. The van der Waals surface area contributed by atoms with Crippen molar-refractivity contribution in [2.24, 2.45) is 0 Å². The fourth-order valence-electron chi connectivity index (χ4n) is 1.86. The van der Waals surface area contributed by atoms with Gasteiger partial charge in [-0.2, -0.15) is 0 Å². The van der Waals surface area contributed by atoms with Gasteiger partial charge in [0.25, 0.3) is 5.91 Å². The van der Waals surface area contributed by atoms with Crippen LogP contribution in [0.3, 0.4) is 0 Å². The molecule has 2 aromatic rings. The van der Waals surface area contributed by atoms with Crippen LogP contribution < -0.4 is 10.1 Å². The minimum atomic E-state index is -0.667. The molecule has 2 aromatic carbocycles. The summed E-state index contributed by atoms with van der Waals surface area (Å²) in [5.41, 5.74) is 1.28. The molecule has 1 N–H and O–H groups in total. The Kier molecular flexibility index (Phi) is 5.54. The lowest BCUT2D eigenvalue weighted by Crippen LogP contribution is -2.30. The smallest absolute Gasteiger partial charge is 0.265 e. The van der Waals surface area contributed by atoms with E-state index in [-0.39, 0.29) is 11.7 Å². The van der Waals surface area contributed by atoms with Crippen molar-refractivity contribution in [1.29, 1.82) is 0 Å². The third kappa shape index (κ3) is 4.56. The van der Waals surface area contributed by atoms with Gasteiger partial charge in [0.2, 0.25) is 0 Å². The molecule has 22 heavy (non-hydrogen) atoms. The zero-order chi connectivity index (χ0) is 16.1. The van der Waals surface area contributed by atoms with Crippen molar-refractivity contribution < 1.29 is 14.3 Å². The van der Waals surface area contributed by atoms with Gasteiger partial charge in [0.1, 0.15) is 5.75 Å². The third-order valence-electron chi connectivity index (χ3n) is 3.01. The maximum atomic E-state index is 12.1. The summed E-state index contributed by atoms with van der Waals surface area (Å²) >= 11 is 2.18. The zero-order valence-corrected chi connectivity index (χ0v) is 14.5. The first kappa shape index (κ1) is 16.5. The normalized spacial score (nSPS) is 11.6. The third-order valence-corrected chi connectivity index (χ3v) is 3.69. The number of carbonyl (C=O) groups is 2. The van der Waals surface area contributed by atoms with Gasteiger partial charge in [-0.05, 0) is 66.8 Å². The summed E-state index contributed by atoms with van der Waals surface area (Å²) in [6.45, 7) is 3.16. The van der Waals surface area contributed by atoms with Gasteiger partial charge in [-0.15, -0.1) is 0 Å². The molecule has 0 saturated heterocycles. The van der Waals surface area contributed by atoms with Crippen molar-refractivity contribution in [3.63, 3.8) is 0 Å². The summed E-state index contributed by atoms with van der Waals surface area (Å²) in [7, 11) is 0. The first-order chi connectivity index (χ1) is 10.5. The number of halogens is 1. The van der Waals surface area contributed by atoms with Crippen LogP contribution >= 0.6 is 22.6 Å². The molecule has 0 aliphatic carbocycles.